The fourth-order valence-electron chi connectivity index (χ4n) is 2.64. The molecule has 0 amide bonds. The summed E-state index contributed by atoms with van der Waals surface area (Å²) in [6, 6.07) is 0. The lowest BCUT2D eigenvalue weighted by Gasteiger charge is -2.29. The van der Waals surface area contributed by atoms with Crippen LogP contribution in [0.5, 0.6) is 0 Å². The Bertz CT molecular complexity index is 543. The van der Waals surface area contributed by atoms with Gasteiger partial charge in [-0.05, 0) is 42.8 Å². The third-order valence-corrected chi connectivity index (χ3v) is 4.46. The summed E-state index contributed by atoms with van der Waals surface area (Å²) < 4.78 is 4.74. The highest BCUT2D eigenvalue weighted by Crippen LogP contribution is 2.43. The van der Waals surface area contributed by atoms with Crippen molar-refractivity contribution < 1.29 is 0 Å². The van der Waals surface area contributed by atoms with Crippen molar-refractivity contribution in [1.29, 1.82) is 0 Å². The number of hydrogen-bond acceptors (Lipinski definition) is 3. The molecule has 1 aromatic heterocycles. The minimum Gasteiger partial charge on any atom is -0.350 e. The summed E-state index contributed by atoms with van der Waals surface area (Å²) in [5.74, 6) is 0.995. The summed E-state index contributed by atoms with van der Waals surface area (Å²) in [4.78, 5) is 3.64. The molecule has 0 fully saturated rings. The molecule has 1 aromatic rings. The summed E-state index contributed by atoms with van der Waals surface area (Å²) in [6.45, 7) is 13.3. The van der Waals surface area contributed by atoms with Crippen LogP contribution in [0.3, 0.4) is 0 Å². The molecule has 2 rings (SSSR count). The van der Waals surface area contributed by atoms with Gasteiger partial charge >= 0.3 is 0 Å². The molecule has 0 radical (unpaired) electrons. The Labute approximate surface area is 121 Å². The average Bonchev–Trinajstić information content (AvgIpc) is 2.70. The lowest BCUT2D eigenvalue weighted by atomic mass is 9.90. The summed E-state index contributed by atoms with van der Waals surface area (Å²) in [5.41, 5.74) is 6.71. The van der Waals surface area contributed by atoms with E-state index in [1.54, 1.807) is 11.5 Å². The van der Waals surface area contributed by atoms with Crippen molar-refractivity contribution in [1.82, 2.24) is 9.27 Å². The number of hydrogen-bond donors (Lipinski definition) is 0. The van der Waals surface area contributed by atoms with Crippen molar-refractivity contribution >= 4 is 22.8 Å². The molecule has 1 aliphatic heterocycles. The third kappa shape index (κ3) is 2.36. The largest absolute Gasteiger partial charge is 0.350 e. The maximum Gasteiger partial charge on any atom is 0.0667 e. The Morgan fingerprint density at radius 2 is 1.79 bits per heavy atom. The number of aromatic nitrogens is 1. The molecule has 0 N–H and O–H groups in total. The maximum absolute atomic E-state index is 4.74. The van der Waals surface area contributed by atoms with Crippen molar-refractivity contribution in [3.63, 3.8) is 0 Å². The molecule has 0 aliphatic carbocycles. The van der Waals surface area contributed by atoms with Crippen LogP contribution in [-0.2, 0) is 0 Å². The van der Waals surface area contributed by atoms with Gasteiger partial charge in [0.2, 0.25) is 0 Å². The first-order valence-electron chi connectivity index (χ1n) is 6.96. The second-order valence-corrected chi connectivity index (χ2v) is 6.90. The van der Waals surface area contributed by atoms with Gasteiger partial charge < -0.3 is 4.90 Å². The molecule has 0 aromatic carbocycles. The second-order valence-electron chi connectivity index (χ2n) is 6.13. The van der Waals surface area contributed by atoms with E-state index in [0.29, 0.717) is 11.8 Å². The minimum absolute atomic E-state index is 0.467. The normalized spacial score (nSPS) is 15.1. The molecule has 0 saturated carbocycles. The molecule has 0 saturated heterocycles. The second kappa shape index (κ2) is 5.12. The lowest BCUT2D eigenvalue weighted by molar-refractivity contribution is 0.632. The van der Waals surface area contributed by atoms with E-state index in [2.05, 4.69) is 59.7 Å². The van der Waals surface area contributed by atoms with Crippen molar-refractivity contribution in [2.24, 2.45) is 5.92 Å². The SMILES string of the molecule is CC(C)=C1c2c(C(C)C)nsc2C(C(C)C)=CN1C. The summed E-state index contributed by atoms with van der Waals surface area (Å²) in [7, 11) is 2.15. The maximum atomic E-state index is 4.74. The van der Waals surface area contributed by atoms with E-state index in [-0.39, 0.29) is 0 Å². The van der Waals surface area contributed by atoms with Gasteiger partial charge in [0.25, 0.3) is 0 Å². The first-order chi connectivity index (χ1) is 8.84. The molecule has 0 spiro atoms. The third-order valence-electron chi connectivity index (χ3n) is 3.55. The first kappa shape index (κ1) is 14.3. The van der Waals surface area contributed by atoms with Gasteiger partial charge in [-0.25, -0.2) is 0 Å². The van der Waals surface area contributed by atoms with Crippen LogP contribution in [0.1, 0.15) is 63.6 Å². The zero-order valence-electron chi connectivity index (χ0n) is 13.0. The highest BCUT2D eigenvalue weighted by Gasteiger charge is 2.29. The van der Waals surface area contributed by atoms with Crippen LogP contribution in [0.2, 0.25) is 0 Å². The average molecular weight is 276 g/mol. The Hall–Kier alpha value is -1.09. The van der Waals surface area contributed by atoms with Crippen LogP contribution in [0, 0.1) is 5.92 Å². The number of fused-ring (bicyclic) bond motifs is 1. The fraction of sp³-hybridized carbons (Fsp3) is 0.562. The van der Waals surface area contributed by atoms with Crippen LogP contribution in [0.15, 0.2) is 11.8 Å². The van der Waals surface area contributed by atoms with Crippen LogP contribution in [-0.4, -0.2) is 16.3 Å². The van der Waals surface area contributed by atoms with Crippen LogP contribution < -0.4 is 0 Å². The minimum atomic E-state index is 0.467. The van der Waals surface area contributed by atoms with Gasteiger partial charge in [-0.15, -0.1) is 0 Å². The summed E-state index contributed by atoms with van der Waals surface area (Å²) in [5, 5.41) is 0. The van der Waals surface area contributed by atoms with Gasteiger partial charge in [-0.3, -0.25) is 0 Å². The molecule has 104 valence electrons. The molecule has 2 nitrogen and oxygen atoms in total. The Morgan fingerprint density at radius 1 is 1.16 bits per heavy atom. The van der Waals surface area contributed by atoms with E-state index >= 15 is 0 Å². The lowest BCUT2D eigenvalue weighted by Crippen LogP contribution is -2.19. The van der Waals surface area contributed by atoms with Crippen molar-refractivity contribution in [2.75, 3.05) is 7.05 Å². The Balaban J connectivity index is 2.73. The smallest absolute Gasteiger partial charge is 0.0667 e. The predicted octanol–water partition coefficient (Wildman–Crippen LogP) is 4.96. The molecule has 0 atom stereocenters. The Kier molecular flexibility index (Phi) is 3.86. The molecular formula is C16H24N2S. The fourth-order valence-corrected chi connectivity index (χ4v) is 3.82. The van der Waals surface area contributed by atoms with Crippen LogP contribution in [0.25, 0.3) is 11.3 Å². The molecular weight excluding hydrogens is 252 g/mol. The zero-order chi connectivity index (χ0) is 14.3. The highest BCUT2D eigenvalue weighted by molar-refractivity contribution is 7.07. The molecule has 0 unspecified atom stereocenters. The number of rotatable bonds is 2. The summed E-state index contributed by atoms with van der Waals surface area (Å²) in [6.07, 6.45) is 2.28. The monoisotopic (exact) mass is 276 g/mol. The predicted molar refractivity (Wildman–Crippen MR) is 85.0 cm³/mol. The van der Waals surface area contributed by atoms with E-state index in [0.717, 1.165) is 0 Å². The first-order valence-corrected chi connectivity index (χ1v) is 7.74. The van der Waals surface area contributed by atoms with Gasteiger partial charge in [0.05, 0.1) is 10.6 Å². The highest BCUT2D eigenvalue weighted by atomic mass is 32.1. The van der Waals surface area contributed by atoms with E-state index in [1.165, 1.54) is 33.0 Å². The van der Waals surface area contributed by atoms with Crippen LogP contribution in [0.4, 0.5) is 0 Å². The topological polar surface area (TPSA) is 16.1 Å². The molecule has 0 bridgehead atoms. The van der Waals surface area contributed by atoms with Gasteiger partial charge in [-0.2, -0.15) is 4.37 Å². The number of allylic oxidation sites excluding steroid dienone is 2. The van der Waals surface area contributed by atoms with Crippen molar-refractivity contribution in [3.8, 4) is 0 Å². The number of nitrogens with zero attached hydrogens (tertiary/aromatic N) is 2. The van der Waals surface area contributed by atoms with Gasteiger partial charge in [0, 0.05) is 24.5 Å². The van der Waals surface area contributed by atoms with E-state index in [4.69, 9.17) is 4.37 Å². The zero-order valence-corrected chi connectivity index (χ0v) is 13.9. The molecule has 3 heteroatoms. The van der Waals surface area contributed by atoms with E-state index in [1.807, 2.05) is 0 Å². The molecule has 1 aliphatic rings. The van der Waals surface area contributed by atoms with Crippen molar-refractivity contribution in [2.45, 2.75) is 47.5 Å². The van der Waals surface area contributed by atoms with E-state index < -0.39 is 0 Å². The summed E-state index contributed by atoms with van der Waals surface area (Å²) >= 11 is 1.66. The van der Waals surface area contributed by atoms with Crippen molar-refractivity contribution in [3.05, 3.63) is 27.9 Å². The van der Waals surface area contributed by atoms with Gasteiger partial charge in [-0.1, -0.05) is 33.3 Å². The van der Waals surface area contributed by atoms with Gasteiger partial charge in [0.1, 0.15) is 0 Å². The molecule has 19 heavy (non-hydrogen) atoms. The van der Waals surface area contributed by atoms with Gasteiger partial charge in [0.15, 0.2) is 0 Å². The standard InChI is InChI=1S/C16H24N2S/c1-9(2)12-8-18(7)15(11(5)6)13-14(10(3)4)17-19-16(12)13/h8-10H,1-7H3. The Morgan fingerprint density at radius 3 is 2.26 bits per heavy atom. The van der Waals surface area contributed by atoms with Crippen LogP contribution >= 0.6 is 11.5 Å². The van der Waals surface area contributed by atoms with E-state index in [9.17, 15) is 0 Å². The molecule has 2 heterocycles. The quantitative estimate of drug-likeness (QED) is 0.759.